The van der Waals surface area contributed by atoms with Gasteiger partial charge in [0.1, 0.15) is 0 Å². The molecule has 2 aromatic carbocycles. The Hall–Kier alpha value is -3.06. The molecule has 1 amide bonds. The van der Waals surface area contributed by atoms with Crippen molar-refractivity contribution >= 4 is 43.5 Å². The number of fused-ring (bicyclic) bond motifs is 2. The van der Waals surface area contributed by atoms with Crippen LogP contribution in [0.5, 0.6) is 0 Å². The molecule has 7 heteroatoms. The molecule has 0 saturated carbocycles. The largest absolute Gasteiger partial charge is 0.302 e. The molecule has 2 heterocycles. The molecular weight excluding hydrogens is 360 g/mol. The average molecular weight is 378 g/mol. The van der Waals surface area contributed by atoms with E-state index in [1.165, 1.54) is 27.8 Å². The lowest BCUT2D eigenvalue weighted by atomic mass is 10.1. The summed E-state index contributed by atoms with van der Waals surface area (Å²) in [7, 11) is 0. The van der Waals surface area contributed by atoms with Crippen molar-refractivity contribution in [3.05, 3.63) is 64.2 Å². The number of para-hydroxylation sites is 1. The second-order valence-electron chi connectivity index (χ2n) is 6.51. The standard InChI is InChI=1S/C20H18N4O2S/c1-12-9-13(2)18-16(10-12)27-20(23-18)22-17(25)7-8-24-11-21-15-6-4-3-5-14(15)19(24)26/h3-6,9-11H,7-8H2,1-2H3,(H,22,23,25). The first-order valence-electron chi connectivity index (χ1n) is 8.63. The van der Waals surface area contributed by atoms with Crippen LogP contribution in [0.4, 0.5) is 5.13 Å². The predicted molar refractivity (Wildman–Crippen MR) is 108 cm³/mol. The third-order valence-corrected chi connectivity index (χ3v) is 5.31. The Balaban J connectivity index is 1.48. The van der Waals surface area contributed by atoms with Gasteiger partial charge in [-0.2, -0.15) is 0 Å². The molecule has 0 bridgehead atoms. The highest BCUT2D eigenvalue weighted by Gasteiger charge is 2.11. The van der Waals surface area contributed by atoms with E-state index in [0.717, 1.165) is 15.8 Å². The highest BCUT2D eigenvalue weighted by Crippen LogP contribution is 2.29. The maximum Gasteiger partial charge on any atom is 0.261 e. The van der Waals surface area contributed by atoms with Gasteiger partial charge >= 0.3 is 0 Å². The van der Waals surface area contributed by atoms with Crippen LogP contribution >= 0.6 is 11.3 Å². The molecule has 0 unspecified atom stereocenters. The van der Waals surface area contributed by atoms with Crippen molar-refractivity contribution in [2.75, 3.05) is 5.32 Å². The van der Waals surface area contributed by atoms with E-state index in [1.807, 2.05) is 19.9 Å². The van der Waals surface area contributed by atoms with Crippen molar-refractivity contribution in [2.45, 2.75) is 26.8 Å². The molecule has 0 spiro atoms. The predicted octanol–water partition coefficient (Wildman–Crippen LogP) is 3.65. The number of carbonyl (C=O) groups excluding carboxylic acids is 1. The molecule has 0 aliphatic rings. The van der Waals surface area contributed by atoms with Crippen LogP contribution in [0.15, 0.2) is 47.5 Å². The topological polar surface area (TPSA) is 76.9 Å². The fraction of sp³-hybridized carbons (Fsp3) is 0.200. The van der Waals surface area contributed by atoms with Crippen molar-refractivity contribution < 1.29 is 4.79 Å². The van der Waals surface area contributed by atoms with Gasteiger partial charge in [-0.1, -0.05) is 29.5 Å². The average Bonchev–Trinajstić information content (AvgIpc) is 3.04. The monoisotopic (exact) mass is 378 g/mol. The number of nitrogens with zero attached hydrogens (tertiary/aromatic N) is 3. The number of anilines is 1. The van der Waals surface area contributed by atoms with Gasteiger partial charge < -0.3 is 5.32 Å². The summed E-state index contributed by atoms with van der Waals surface area (Å²) >= 11 is 1.46. The number of carbonyl (C=O) groups is 1. The number of aryl methyl sites for hydroxylation is 3. The molecule has 4 aromatic rings. The van der Waals surface area contributed by atoms with E-state index in [1.54, 1.807) is 18.2 Å². The van der Waals surface area contributed by atoms with Gasteiger partial charge in [-0.3, -0.25) is 14.2 Å². The van der Waals surface area contributed by atoms with Crippen molar-refractivity contribution in [2.24, 2.45) is 0 Å². The first-order valence-corrected chi connectivity index (χ1v) is 9.45. The fourth-order valence-electron chi connectivity index (χ4n) is 3.09. The van der Waals surface area contributed by atoms with Crippen molar-refractivity contribution in [1.82, 2.24) is 14.5 Å². The Morgan fingerprint density at radius 1 is 1.22 bits per heavy atom. The minimum atomic E-state index is -0.177. The molecule has 0 radical (unpaired) electrons. The number of aromatic nitrogens is 3. The summed E-state index contributed by atoms with van der Waals surface area (Å²) in [4.78, 5) is 33.6. The zero-order valence-electron chi connectivity index (χ0n) is 15.0. The van der Waals surface area contributed by atoms with Gasteiger partial charge in [-0.25, -0.2) is 9.97 Å². The molecule has 6 nitrogen and oxygen atoms in total. The molecule has 0 fully saturated rings. The van der Waals surface area contributed by atoms with E-state index in [4.69, 9.17) is 0 Å². The van der Waals surface area contributed by atoms with Crippen molar-refractivity contribution in [3.8, 4) is 0 Å². The minimum Gasteiger partial charge on any atom is -0.302 e. The number of benzene rings is 2. The van der Waals surface area contributed by atoms with E-state index in [-0.39, 0.29) is 24.4 Å². The van der Waals surface area contributed by atoms with Gasteiger partial charge in [0.2, 0.25) is 5.91 Å². The van der Waals surface area contributed by atoms with Crippen LogP contribution < -0.4 is 10.9 Å². The number of rotatable bonds is 4. The number of thiazole rings is 1. The minimum absolute atomic E-state index is 0.139. The summed E-state index contributed by atoms with van der Waals surface area (Å²) in [6, 6.07) is 11.3. The number of amides is 1. The van der Waals surface area contributed by atoms with E-state index in [0.29, 0.717) is 16.0 Å². The van der Waals surface area contributed by atoms with Crippen LogP contribution in [0.3, 0.4) is 0 Å². The highest BCUT2D eigenvalue weighted by molar-refractivity contribution is 7.22. The van der Waals surface area contributed by atoms with Crippen molar-refractivity contribution in [3.63, 3.8) is 0 Å². The molecule has 4 rings (SSSR count). The normalized spacial score (nSPS) is 11.2. The zero-order chi connectivity index (χ0) is 19.0. The Morgan fingerprint density at radius 3 is 2.89 bits per heavy atom. The van der Waals surface area contributed by atoms with Gasteiger partial charge in [-0.05, 0) is 43.2 Å². The van der Waals surface area contributed by atoms with Crippen LogP contribution in [0.1, 0.15) is 17.5 Å². The first kappa shape index (κ1) is 17.4. The molecule has 136 valence electrons. The number of nitrogens with one attached hydrogen (secondary N) is 1. The maximum atomic E-state index is 12.5. The fourth-order valence-corrected chi connectivity index (χ4v) is 4.15. The summed E-state index contributed by atoms with van der Waals surface area (Å²) < 4.78 is 2.52. The lowest BCUT2D eigenvalue weighted by Gasteiger charge is -2.06. The molecular formula is C20H18N4O2S. The third-order valence-electron chi connectivity index (χ3n) is 4.39. The Labute approximate surface area is 159 Å². The van der Waals surface area contributed by atoms with Crippen LogP contribution in [0.2, 0.25) is 0 Å². The summed E-state index contributed by atoms with van der Waals surface area (Å²) in [5.74, 6) is -0.177. The molecule has 0 aliphatic carbocycles. The summed E-state index contributed by atoms with van der Waals surface area (Å²) in [6.45, 7) is 4.32. The second-order valence-corrected chi connectivity index (χ2v) is 7.54. The molecule has 0 atom stereocenters. The van der Waals surface area contributed by atoms with Gasteiger partial charge in [0, 0.05) is 13.0 Å². The van der Waals surface area contributed by atoms with Crippen LogP contribution in [-0.4, -0.2) is 20.4 Å². The third kappa shape index (κ3) is 3.46. The molecule has 1 N–H and O–H groups in total. The summed E-state index contributed by atoms with van der Waals surface area (Å²) in [5.41, 5.74) is 3.69. The van der Waals surface area contributed by atoms with E-state index in [2.05, 4.69) is 27.4 Å². The highest BCUT2D eigenvalue weighted by atomic mass is 32.1. The van der Waals surface area contributed by atoms with Gasteiger partial charge in [0.05, 0.1) is 27.4 Å². The Kier molecular flexibility index (Phi) is 4.45. The van der Waals surface area contributed by atoms with E-state index < -0.39 is 0 Å². The summed E-state index contributed by atoms with van der Waals surface area (Å²) in [6.07, 6.45) is 1.66. The smallest absolute Gasteiger partial charge is 0.261 e. The van der Waals surface area contributed by atoms with Crippen LogP contribution in [0.25, 0.3) is 21.1 Å². The van der Waals surface area contributed by atoms with E-state index >= 15 is 0 Å². The Bertz CT molecular complexity index is 1230. The number of hydrogen-bond donors (Lipinski definition) is 1. The molecule has 2 aromatic heterocycles. The van der Waals surface area contributed by atoms with Crippen LogP contribution in [0, 0.1) is 13.8 Å². The van der Waals surface area contributed by atoms with Crippen molar-refractivity contribution in [1.29, 1.82) is 0 Å². The Morgan fingerprint density at radius 2 is 2.04 bits per heavy atom. The molecule has 0 saturated heterocycles. The first-order chi connectivity index (χ1) is 13.0. The molecule has 27 heavy (non-hydrogen) atoms. The maximum absolute atomic E-state index is 12.5. The lowest BCUT2D eigenvalue weighted by molar-refractivity contribution is -0.116. The molecule has 0 aliphatic heterocycles. The van der Waals surface area contributed by atoms with Crippen LogP contribution in [-0.2, 0) is 11.3 Å². The number of hydrogen-bond acceptors (Lipinski definition) is 5. The second kappa shape index (κ2) is 6.92. The SMILES string of the molecule is Cc1cc(C)c2nc(NC(=O)CCn3cnc4ccccc4c3=O)sc2c1. The van der Waals surface area contributed by atoms with E-state index in [9.17, 15) is 9.59 Å². The summed E-state index contributed by atoms with van der Waals surface area (Å²) in [5, 5.41) is 3.97. The zero-order valence-corrected chi connectivity index (χ0v) is 15.8. The van der Waals surface area contributed by atoms with Gasteiger partial charge in [0.25, 0.3) is 5.56 Å². The van der Waals surface area contributed by atoms with Gasteiger partial charge in [-0.15, -0.1) is 0 Å². The quantitative estimate of drug-likeness (QED) is 0.588. The lowest BCUT2D eigenvalue weighted by Crippen LogP contribution is -2.23. The van der Waals surface area contributed by atoms with Gasteiger partial charge in [0.15, 0.2) is 5.13 Å².